The van der Waals surface area contributed by atoms with E-state index in [1.54, 1.807) is 0 Å². The topological polar surface area (TPSA) is 57.5 Å². The SMILES string of the molecule is CCC(CO)(CO)CC=O. The molecule has 0 fully saturated rings. The van der Waals surface area contributed by atoms with E-state index in [9.17, 15) is 4.79 Å². The summed E-state index contributed by atoms with van der Waals surface area (Å²) < 4.78 is 0. The number of aldehydes is 1. The summed E-state index contributed by atoms with van der Waals surface area (Å²) in [6, 6.07) is 0. The molecule has 3 nitrogen and oxygen atoms in total. The Labute approximate surface area is 60.7 Å². The Morgan fingerprint density at radius 2 is 1.90 bits per heavy atom. The Morgan fingerprint density at radius 1 is 1.40 bits per heavy atom. The van der Waals surface area contributed by atoms with Crippen molar-refractivity contribution in [2.75, 3.05) is 13.2 Å². The second-order valence-corrected chi connectivity index (χ2v) is 2.54. The smallest absolute Gasteiger partial charge is 0.120 e. The molecule has 0 rings (SSSR count). The Morgan fingerprint density at radius 3 is 2.00 bits per heavy atom. The standard InChI is InChI=1S/C7H14O3/c1-2-7(5-9,6-10)3-4-8/h4,9-10H,2-3,5-6H2,1H3. The van der Waals surface area contributed by atoms with Gasteiger partial charge in [0.1, 0.15) is 6.29 Å². The predicted octanol–water partition coefficient (Wildman–Crippen LogP) is -0.0436. The monoisotopic (exact) mass is 146 g/mol. The zero-order valence-corrected chi connectivity index (χ0v) is 6.21. The largest absolute Gasteiger partial charge is 0.396 e. The van der Waals surface area contributed by atoms with Crippen LogP contribution >= 0.6 is 0 Å². The molecule has 0 bridgehead atoms. The van der Waals surface area contributed by atoms with E-state index in [-0.39, 0.29) is 19.6 Å². The summed E-state index contributed by atoms with van der Waals surface area (Å²) in [6.45, 7) is 1.59. The summed E-state index contributed by atoms with van der Waals surface area (Å²) in [5, 5.41) is 17.6. The lowest BCUT2D eigenvalue weighted by Gasteiger charge is -2.25. The molecule has 0 aliphatic carbocycles. The van der Waals surface area contributed by atoms with E-state index in [2.05, 4.69) is 0 Å². The summed E-state index contributed by atoms with van der Waals surface area (Å²) in [7, 11) is 0. The Bertz CT molecular complexity index is 88.8. The third-order valence-corrected chi connectivity index (χ3v) is 1.94. The molecule has 0 radical (unpaired) electrons. The van der Waals surface area contributed by atoms with Crippen LogP contribution in [0.2, 0.25) is 0 Å². The van der Waals surface area contributed by atoms with Crippen molar-refractivity contribution in [3.63, 3.8) is 0 Å². The van der Waals surface area contributed by atoms with Crippen LogP contribution in [0.5, 0.6) is 0 Å². The quantitative estimate of drug-likeness (QED) is 0.535. The Kier molecular flexibility index (Phi) is 4.23. The molecule has 3 heteroatoms. The van der Waals surface area contributed by atoms with E-state index in [1.807, 2.05) is 6.92 Å². The molecule has 0 aromatic heterocycles. The van der Waals surface area contributed by atoms with Crippen molar-refractivity contribution in [3.05, 3.63) is 0 Å². The number of hydrogen-bond donors (Lipinski definition) is 2. The van der Waals surface area contributed by atoms with Gasteiger partial charge in [-0.3, -0.25) is 0 Å². The summed E-state index contributed by atoms with van der Waals surface area (Å²) in [6.07, 6.45) is 1.59. The molecule has 60 valence electrons. The van der Waals surface area contributed by atoms with Crippen molar-refractivity contribution in [3.8, 4) is 0 Å². The average Bonchev–Trinajstić information content (AvgIpc) is 2.01. The fourth-order valence-electron chi connectivity index (χ4n) is 0.724. The number of aliphatic hydroxyl groups is 2. The second kappa shape index (κ2) is 4.41. The first-order chi connectivity index (χ1) is 4.74. The molecular formula is C7H14O3. The summed E-state index contributed by atoms with van der Waals surface area (Å²) in [4.78, 5) is 10.1. The van der Waals surface area contributed by atoms with E-state index in [0.29, 0.717) is 6.42 Å². The van der Waals surface area contributed by atoms with E-state index < -0.39 is 5.41 Å². The van der Waals surface area contributed by atoms with Gasteiger partial charge in [-0.25, -0.2) is 0 Å². The highest BCUT2D eigenvalue weighted by atomic mass is 16.3. The maximum absolute atomic E-state index is 10.1. The summed E-state index contributed by atoms with van der Waals surface area (Å²) >= 11 is 0. The molecular weight excluding hydrogens is 132 g/mol. The molecule has 0 amide bonds. The number of carbonyl (C=O) groups excluding carboxylic acids is 1. The molecule has 0 aliphatic heterocycles. The molecule has 2 N–H and O–H groups in total. The van der Waals surface area contributed by atoms with Crippen LogP contribution in [-0.4, -0.2) is 29.7 Å². The fraction of sp³-hybridized carbons (Fsp3) is 0.857. The minimum atomic E-state index is -0.582. The minimum Gasteiger partial charge on any atom is -0.396 e. The number of aliphatic hydroxyl groups excluding tert-OH is 2. The van der Waals surface area contributed by atoms with Crippen molar-refractivity contribution >= 4 is 6.29 Å². The highest BCUT2D eigenvalue weighted by Crippen LogP contribution is 2.23. The van der Waals surface area contributed by atoms with Crippen molar-refractivity contribution in [2.45, 2.75) is 19.8 Å². The lowest BCUT2D eigenvalue weighted by molar-refractivity contribution is -0.111. The van der Waals surface area contributed by atoms with E-state index >= 15 is 0 Å². The Hall–Kier alpha value is -0.410. The molecule has 0 aromatic carbocycles. The van der Waals surface area contributed by atoms with E-state index in [1.165, 1.54) is 0 Å². The normalized spacial score (nSPS) is 11.5. The highest BCUT2D eigenvalue weighted by molar-refractivity contribution is 5.50. The van der Waals surface area contributed by atoms with Gasteiger partial charge in [-0.2, -0.15) is 0 Å². The highest BCUT2D eigenvalue weighted by Gasteiger charge is 2.25. The summed E-state index contributed by atoms with van der Waals surface area (Å²) in [5.41, 5.74) is -0.582. The predicted molar refractivity (Wildman–Crippen MR) is 37.6 cm³/mol. The third-order valence-electron chi connectivity index (χ3n) is 1.94. The lowest BCUT2D eigenvalue weighted by atomic mass is 9.84. The first-order valence-corrected chi connectivity index (χ1v) is 3.40. The van der Waals surface area contributed by atoms with Gasteiger partial charge in [0.05, 0.1) is 13.2 Å². The van der Waals surface area contributed by atoms with Crippen molar-refractivity contribution < 1.29 is 15.0 Å². The second-order valence-electron chi connectivity index (χ2n) is 2.54. The zero-order chi connectivity index (χ0) is 8.04. The van der Waals surface area contributed by atoms with Crippen molar-refractivity contribution in [1.29, 1.82) is 0 Å². The van der Waals surface area contributed by atoms with Gasteiger partial charge in [-0.05, 0) is 6.42 Å². The first kappa shape index (κ1) is 9.59. The molecule has 0 unspecified atom stereocenters. The summed E-state index contributed by atoms with van der Waals surface area (Å²) in [5.74, 6) is 0. The zero-order valence-electron chi connectivity index (χ0n) is 6.21. The molecule has 0 heterocycles. The van der Waals surface area contributed by atoms with Crippen LogP contribution in [0.4, 0.5) is 0 Å². The Balaban J connectivity index is 4.00. The van der Waals surface area contributed by atoms with Gasteiger partial charge in [-0.15, -0.1) is 0 Å². The van der Waals surface area contributed by atoms with Gasteiger partial charge in [0.25, 0.3) is 0 Å². The molecule has 0 spiro atoms. The van der Waals surface area contributed by atoms with Gasteiger partial charge >= 0.3 is 0 Å². The molecule has 0 saturated heterocycles. The van der Waals surface area contributed by atoms with Crippen LogP contribution in [0.1, 0.15) is 19.8 Å². The minimum absolute atomic E-state index is 0.126. The molecule has 0 aromatic rings. The molecule has 0 aliphatic rings. The third kappa shape index (κ3) is 2.08. The fourth-order valence-corrected chi connectivity index (χ4v) is 0.724. The first-order valence-electron chi connectivity index (χ1n) is 3.40. The van der Waals surface area contributed by atoms with Gasteiger partial charge < -0.3 is 15.0 Å². The van der Waals surface area contributed by atoms with Crippen molar-refractivity contribution in [1.82, 2.24) is 0 Å². The maximum Gasteiger partial charge on any atom is 0.120 e. The number of rotatable bonds is 5. The molecule has 0 atom stereocenters. The van der Waals surface area contributed by atoms with Gasteiger partial charge in [0.2, 0.25) is 0 Å². The van der Waals surface area contributed by atoms with Gasteiger partial charge in [0, 0.05) is 11.8 Å². The van der Waals surface area contributed by atoms with E-state index in [0.717, 1.165) is 6.29 Å². The van der Waals surface area contributed by atoms with Crippen LogP contribution in [0.15, 0.2) is 0 Å². The molecule has 0 saturated carbocycles. The molecule has 10 heavy (non-hydrogen) atoms. The number of carbonyl (C=O) groups is 1. The van der Waals surface area contributed by atoms with Gasteiger partial charge in [0.15, 0.2) is 0 Å². The van der Waals surface area contributed by atoms with Crippen LogP contribution < -0.4 is 0 Å². The van der Waals surface area contributed by atoms with Crippen molar-refractivity contribution in [2.24, 2.45) is 5.41 Å². The van der Waals surface area contributed by atoms with Crippen LogP contribution in [0.25, 0.3) is 0 Å². The van der Waals surface area contributed by atoms with Gasteiger partial charge in [-0.1, -0.05) is 6.92 Å². The number of hydrogen-bond acceptors (Lipinski definition) is 3. The van der Waals surface area contributed by atoms with Crippen LogP contribution in [-0.2, 0) is 4.79 Å². The van der Waals surface area contributed by atoms with Crippen LogP contribution in [0, 0.1) is 5.41 Å². The average molecular weight is 146 g/mol. The van der Waals surface area contributed by atoms with Crippen LogP contribution in [0.3, 0.4) is 0 Å². The lowest BCUT2D eigenvalue weighted by Crippen LogP contribution is -2.29. The maximum atomic E-state index is 10.1. The van der Waals surface area contributed by atoms with E-state index in [4.69, 9.17) is 10.2 Å².